The molecule has 0 spiro atoms. The molecule has 1 aromatic rings. The lowest BCUT2D eigenvalue weighted by molar-refractivity contribution is -0.117. The van der Waals surface area contributed by atoms with Crippen LogP contribution in [0.2, 0.25) is 0 Å². The van der Waals surface area contributed by atoms with Gasteiger partial charge in [0.15, 0.2) is 0 Å². The van der Waals surface area contributed by atoms with Gasteiger partial charge in [-0.15, -0.1) is 0 Å². The van der Waals surface area contributed by atoms with Gasteiger partial charge in [-0.05, 0) is 26.0 Å². The number of carbonyl (C=O) groups is 2. The minimum atomic E-state index is -0.487. The Hall–Kier alpha value is -2.26. The molecule has 1 fully saturated rings. The molecule has 0 radical (unpaired) electrons. The molecule has 1 aliphatic heterocycles. The third-order valence-electron chi connectivity index (χ3n) is 3.13. The Morgan fingerprint density at radius 2 is 2.00 bits per heavy atom. The SMILES string of the molecule is CNC(=O)/C(C#N)=C1\SC(C)C(=O)N1c1ccc(C)cc1. The molecule has 1 unspecified atom stereocenters. The molecule has 2 amide bonds. The Kier molecular flexibility index (Phi) is 4.34. The van der Waals surface area contributed by atoms with Crippen LogP contribution >= 0.6 is 11.8 Å². The predicted molar refractivity (Wildman–Crippen MR) is 82.4 cm³/mol. The summed E-state index contributed by atoms with van der Waals surface area (Å²) in [5.74, 6) is -0.616. The van der Waals surface area contributed by atoms with Crippen molar-refractivity contribution in [2.24, 2.45) is 0 Å². The number of benzene rings is 1. The van der Waals surface area contributed by atoms with E-state index in [1.54, 1.807) is 6.92 Å². The monoisotopic (exact) mass is 301 g/mol. The second kappa shape index (κ2) is 6.02. The van der Waals surface area contributed by atoms with E-state index < -0.39 is 5.91 Å². The molecule has 0 aromatic heterocycles. The molecule has 2 rings (SSSR count). The first-order chi connectivity index (χ1) is 9.99. The molecule has 6 heteroatoms. The lowest BCUT2D eigenvalue weighted by atomic mass is 10.2. The highest BCUT2D eigenvalue weighted by Crippen LogP contribution is 2.40. The van der Waals surface area contributed by atoms with Crippen molar-refractivity contribution in [3.05, 3.63) is 40.4 Å². The number of amides is 2. The van der Waals surface area contributed by atoms with E-state index in [-0.39, 0.29) is 16.7 Å². The Morgan fingerprint density at radius 1 is 1.38 bits per heavy atom. The maximum atomic E-state index is 12.4. The van der Waals surface area contributed by atoms with Gasteiger partial charge in [0.25, 0.3) is 5.91 Å². The van der Waals surface area contributed by atoms with Crippen LogP contribution in [0.4, 0.5) is 5.69 Å². The van der Waals surface area contributed by atoms with Crippen molar-refractivity contribution in [2.45, 2.75) is 19.1 Å². The largest absolute Gasteiger partial charge is 0.354 e. The van der Waals surface area contributed by atoms with E-state index in [0.29, 0.717) is 10.7 Å². The van der Waals surface area contributed by atoms with Gasteiger partial charge in [0.1, 0.15) is 16.7 Å². The summed E-state index contributed by atoms with van der Waals surface area (Å²) in [5, 5.41) is 11.7. The zero-order valence-corrected chi connectivity index (χ0v) is 12.8. The molecule has 1 aromatic carbocycles. The predicted octanol–water partition coefficient (Wildman–Crippen LogP) is 1.94. The van der Waals surface area contributed by atoms with Gasteiger partial charge in [0.2, 0.25) is 5.91 Å². The second-order valence-electron chi connectivity index (χ2n) is 4.64. The number of hydrogen-bond acceptors (Lipinski definition) is 4. The van der Waals surface area contributed by atoms with Crippen LogP contribution in [0.1, 0.15) is 12.5 Å². The van der Waals surface area contributed by atoms with Gasteiger partial charge in [-0.2, -0.15) is 5.26 Å². The molecule has 0 bridgehead atoms. The number of nitriles is 1. The smallest absolute Gasteiger partial charge is 0.264 e. The van der Waals surface area contributed by atoms with E-state index in [1.165, 1.54) is 23.7 Å². The summed E-state index contributed by atoms with van der Waals surface area (Å²) in [5.41, 5.74) is 1.69. The van der Waals surface area contributed by atoms with Crippen LogP contribution in [0, 0.1) is 18.3 Å². The van der Waals surface area contributed by atoms with Crippen molar-refractivity contribution in [1.29, 1.82) is 5.26 Å². The lowest BCUT2D eigenvalue weighted by Crippen LogP contribution is -2.29. The Labute approximate surface area is 127 Å². The van der Waals surface area contributed by atoms with Crippen molar-refractivity contribution in [1.82, 2.24) is 5.32 Å². The molecule has 21 heavy (non-hydrogen) atoms. The highest BCUT2D eigenvalue weighted by molar-refractivity contribution is 8.05. The summed E-state index contributed by atoms with van der Waals surface area (Å²) in [4.78, 5) is 25.6. The Morgan fingerprint density at radius 3 is 2.52 bits per heavy atom. The molecule has 1 N–H and O–H groups in total. The normalized spacial score (nSPS) is 20.2. The maximum absolute atomic E-state index is 12.4. The number of nitrogens with zero attached hydrogens (tertiary/aromatic N) is 2. The lowest BCUT2D eigenvalue weighted by Gasteiger charge is -2.18. The molecule has 108 valence electrons. The second-order valence-corrected chi connectivity index (χ2v) is 5.97. The first kappa shape index (κ1) is 15.1. The third-order valence-corrected chi connectivity index (χ3v) is 4.30. The zero-order valence-electron chi connectivity index (χ0n) is 12.0. The maximum Gasteiger partial charge on any atom is 0.264 e. The Balaban J connectivity index is 2.57. The van der Waals surface area contributed by atoms with Gasteiger partial charge in [-0.1, -0.05) is 29.5 Å². The number of aryl methyl sites for hydroxylation is 1. The van der Waals surface area contributed by atoms with Crippen LogP contribution in [0.5, 0.6) is 0 Å². The van der Waals surface area contributed by atoms with Crippen LogP contribution in [0.3, 0.4) is 0 Å². The van der Waals surface area contributed by atoms with Crippen LogP contribution in [0.25, 0.3) is 0 Å². The summed E-state index contributed by atoms with van der Waals surface area (Å²) in [6, 6.07) is 9.30. The fourth-order valence-corrected chi connectivity index (χ4v) is 3.08. The van der Waals surface area contributed by atoms with Crippen LogP contribution in [-0.2, 0) is 9.59 Å². The fourth-order valence-electron chi connectivity index (χ4n) is 1.98. The quantitative estimate of drug-likeness (QED) is 0.669. The number of nitrogens with one attached hydrogen (secondary N) is 1. The van der Waals surface area contributed by atoms with Gasteiger partial charge in [-0.25, -0.2) is 0 Å². The van der Waals surface area contributed by atoms with Crippen molar-refractivity contribution in [3.8, 4) is 6.07 Å². The average molecular weight is 301 g/mol. The van der Waals surface area contributed by atoms with Crippen LogP contribution in [0.15, 0.2) is 34.9 Å². The average Bonchev–Trinajstić information content (AvgIpc) is 2.76. The first-order valence-electron chi connectivity index (χ1n) is 6.43. The summed E-state index contributed by atoms with van der Waals surface area (Å²) < 4.78 is 0. The van der Waals surface area contributed by atoms with Crippen molar-refractivity contribution < 1.29 is 9.59 Å². The first-order valence-corrected chi connectivity index (χ1v) is 7.31. The number of likely N-dealkylation sites (N-methyl/N-ethyl adjacent to an activating group) is 1. The molecule has 5 nitrogen and oxygen atoms in total. The van der Waals surface area contributed by atoms with E-state index in [4.69, 9.17) is 0 Å². The van der Waals surface area contributed by atoms with E-state index in [2.05, 4.69) is 5.32 Å². The van der Waals surface area contributed by atoms with Gasteiger partial charge < -0.3 is 5.32 Å². The number of thioether (sulfide) groups is 1. The summed E-state index contributed by atoms with van der Waals surface area (Å²) >= 11 is 1.23. The standard InChI is InChI=1S/C15H15N3O2S/c1-9-4-6-11(7-5-9)18-14(20)10(2)21-15(18)12(8-16)13(19)17-3/h4-7,10H,1-3H3,(H,17,19)/b15-12-. The molecule has 1 saturated heterocycles. The number of hydrogen-bond donors (Lipinski definition) is 1. The van der Waals surface area contributed by atoms with Gasteiger partial charge in [0, 0.05) is 12.7 Å². The molecule has 1 heterocycles. The minimum absolute atomic E-state index is 0.0409. The third kappa shape index (κ3) is 2.78. The zero-order chi connectivity index (χ0) is 15.6. The highest BCUT2D eigenvalue weighted by Gasteiger charge is 2.38. The molecular formula is C15H15N3O2S. The fraction of sp³-hybridized carbons (Fsp3) is 0.267. The highest BCUT2D eigenvalue weighted by atomic mass is 32.2. The van der Waals surface area contributed by atoms with E-state index >= 15 is 0 Å². The van der Waals surface area contributed by atoms with Crippen molar-refractivity contribution in [3.63, 3.8) is 0 Å². The van der Waals surface area contributed by atoms with Crippen molar-refractivity contribution >= 4 is 29.3 Å². The van der Waals surface area contributed by atoms with E-state index in [1.807, 2.05) is 37.3 Å². The molecule has 0 saturated carbocycles. The van der Waals surface area contributed by atoms with Crippen LogP contribution in [-0.4, -0.2) is 24.1 Å². The Bertz CT molecular complexity index is 658. The number of anilines is 1. The van der Waals surface area contributed by atoms with Crippen LogP contribution < -0.4 is 10.2 Å². The number of rotatable bonds is 2. The summed E-state index contributed by atoms with van der Waals surface area (Å²) in [6.45, 7) is 3.72. The van der Waals surface area contributed by atoms with E-state index in [0.717, 1.165) is 5.56 Å². The van der Waals surface area contributed by atoms with Gasteiger partial charge >= 0.3 is 0 Å². The molecular weight excluding hydrogens is 286 g/mol. The molecule has 0 aliphatic carbocycles. The minimum Gasteiger partial charge on any atom is -0.354 e. The topological polar surface area (TPSA) is 73.2 Å². The number of carbonyl (C=O) groups excluding carboxylic acids is 2. The summed E-state index contributed by atoms with van der Waals surface area (Å²) in [6.07, 6.45) is 0. The molecule has 1 atom stereocenters. The van der Waals surface area contributed by atoms with Crippen molar-refractivity contribution in [2.75, 3.05) is 11.9 Å². The van der Waals surface area contributed by atoms with E-state index in [9.17, 15) is 14.9 Å². The molecule has 1 aliphatic rings. The van der Waals surface area contributed by atoms with Gasteiger partial charge in [0.05, 0.1) is 5.25 Å². The summed E-state index contributed by atoms with van der Waals surface area (Å²) in [7, 11) is 1.46. The van der Waals surface area contributed by atoms with Gasteiger partial charge in [-0.3, -0.25) is 14.5 Å².